The van der Waals surface area contributed by atoms with Gasteiger partial charge < -0.3 is 4.74 Å². The molecule has 0 aliphatic rings. The van der Waals surface area contributed by atoms with Gasteiger partial charge in [-0.1, -0.05) is 11.3 Å². The van der Waals surface area contributed by atoms with E-state index in [-0.39, 0.29) is 6.61 Å². The number of hydrazine groups is 1. The second-order valence-electron chi connectivity index (χ2n) is 2.97. The van der Waals surface area contributed by atoms with Crippen LogP contribution in [0.3, 0.4) is 0 Å². The van der Waals surface area contributed by atoms with Crippen molar-refractivity contribution >= 4 is 16.5 Å². The molecule has 1 aromatic heterocycles. The minimum Gasteiger partial charge on any atom is -0.369 e. The van der Waals surface area contributed by atoms with Gasteiger partial charge in [-0.25, -0.2) is 10.8 Å². The van der Waals surface area contributed by atoms with E-state index in [1.165, 1.54) is 6.20 Å². The molecule has 10 heteroatoms. The zero-order valence-corrected chi connectivity index (χ0v) is 9.04. The molecule has 0 bridgehead atoms. The number of hydrogen-bond acceptors (Lipinski definition) is 5. The summed E-state index contributed by atoms with van der Waals surface area (Å²) in [5.74, 6) is 0.152. The van der Waals surface area contributed by atoms with Crippen LogP contribution in [-0.2, 0) is 11.3 Å². The summed E-state index contributed by atoms with van der Waals surface area (Å²) in [5, 5.41) is 0.311. The summed E-state index contributed by atoms with van der Waals surface area (Å²) in [6, 6.07) is 0. The lowest BCUT2D eigenvalue weighted by Gasteiger charge is -2.18. The molecule has 0 fully saturated rings. The first-order chi connectivity index (χ1) is 7.76. The number of rotatable bonds is 5. The summed E-state index contributed by atoms with van der Waals surface area (Å²) in [4.78, 5) is 4.08. The quantitative estimate of drug-likeness (QED) is 0.492. The first-order valence-electron chi connectivity index (χ1n) is 4.20. The predicted octanol–water partition coefficient (Wildman–Crippen LogP) is 2.14. The number of thiazole rings is 1. The topological polar surface area (TPSA) is 60.2 Å². The minimum absolute atomic E-state index is 0.311. The standard InChI is InChI=1S/C7H8F5N3OS/c8-6(9,7(10,11)12)3-16-2-4-1-14-5(15-13)17-4/h1H,2-3,13H2,(H,14,15). The molecule has 1 heterocycles. The van der Waals surface area contributed by atoms with Crippen LogP contribution in [0.5, 0.6) is 0 Å². The molecule has 0 aliphatic carbocycles. The molecule has 0 aliphatic heterocycles. The Bertz CT molecular complexity index is 367. The maximum atomic E-state index is 12.4. The molecular weight excluding hydrogens is 269 g/mol. The molecule has 0 aromatic carbocycles. The number of nitrogens with one attached hydrogen (secondary N) is 1. The monoisotopic (exact) mass is 277 g/mol. The van der Waals surface area contributed by atoms with E-state index in [1.807, 2.05) is 0 Å². The van der Waals surface area contributed by atoms with Gasteiger partial charge in [0.05, 0.1) is 11.5 Å². The van der Waals surface area contributed by atoms with E-state index in [1.54, 1.807) is 0 Å². The Kier molecular flexibility index (Phi) is 4.22. The van der Waals surface area contributed by atoms with E-state index in [2.05, 4.69) is 15.1 Å². The van der Waals surface area contributed by atoms with E-state index >= 15 is 0 Å². The average molecular weight is 277 g/mol. The zero-order valence-electron chi connectivity index (χ0n) is 8.22. The predicted molar refractivity (Wildman–Crippen MR) is 50.6 cm³/mol. The van der Waals surface area contributed by atoms with Crippen LogP contribution in [0.15, 0.2) is 6.20 Å². The third kappa shape index (κ3) is 3.75. The Hall–Kier alpha value is -1.00. The molecule has 0 amide bonds. The highest BCUT2D eigenvalue weighted by Crippen LogP contribution is 2.35. The Labute approximate surface area is 96.6 Å². The van der Waals surface area contributed by atoms with Crippen LogP contribution in [0.2, 0.25) is 0 Å². The number of nitrogens with two attached hydrogens (primary N) is 1. The number of aromatic nitrogens is 1. The largest absolute Gasteiger partial charge is 0.455 e. The molecule has 3 N–H and O–H groups in total. The van der Waals surface area contributed by atoms with Gasteiger partial charge in [0, 0.05) is 6.20 Å². The molecule has 0 saturated heterocycles. The lowest BCUT2D eigenvalue weighted by molar-refractivity contribution is -0.297. The second-order valence-corrected chi connectivity index (χ2v) is 4.09. The maximum Gasteiger partial charge on any atom is 0.455 e. The molecule has 1 aromatic rings. The second kappa shape index (κ2) is 5.10. The van der Waals surface area contributed by atoms with Crippen molar-refractivity contribution in [2.75, 3.05) is 12.0 Å². The van der Waals surface area contributed by atoms with E-state index in [9.17, 15) is 22.0 Å². The van der Waals surface area contributed by atoms with Crippen LogP contribution in [0.1, 0.15) is 4.88 Å². The van der Waals surface area contributed by atoms with Crippen molar-refractivity contribution in [1.29, 1.82) is 0 Å². The van der Waals surface area contributed by atoms with Gasteiger partial charge in [-0.3, -0.25) is 5.43 Å². The number of alkyl halides is 5. The van der Waals surface area contributed by atoms with E-state index in [4.69, 9.17) is 5.84 Å². The summed E-state index contributed by atoms with van der Waals surface area (Å²) in [5.41, 5.74) is 2.20. The highest BCUT2D eigenvalue weighted by molar-refractivity contribution is 7.15. The van der Waals surface area contributed by atoms with Gasteiger partial charge in [0.1, 0.15) is 6.61 Å². The van der Waals surface area contributed by atoms with Gasteiger partial charge in [0.15, 0.2) is 5.13 Å². The molecule has 17 heavy (non-hydrogen) atoms. The highest BCUT2D eigenvalue weighted by Gasteiger charge is 2.57. The molecule has 0 unspecified atom stereocenters. The first-order valence-corrected chi connectivity index (χ1v) is 5.01. The van der Waals surface area contributed by atoms with Gasteiger partial charge in [0.2, 0.25) is 0 Å². The van der Waals surface area contributed by atoms with Crippen molar-refractivity contribution in [2.45, 2.75) is 18.7 Å². The molecule has 0 saturated carbocycles. The molecule has 1 rings (SSSR count). The average Bonchev–Trinajstić information content (AvgIpc) is 2.63. The fraction of sp³-hybridized carbons (Fsp3) is 0.571. The third-order valence-corrected chi connectivity index (χ3v) is 2.52. The summed E-state index contributed by atoms with van der Waals surface area (Å²) in [7, 11) is 0. The van der Waals surface area contributed by atoms with Crippen molar-refractivity contribution in [2.24, 2.45) is 5.84 Å². The summed E-state index contributed by atoms with van der Waals surface area (Å²) in [6.45, 7) is -2.11. The lowest BCUT2D eigenvalue weighted by Crippen LogP contribution is -2.40. The summed E-state index contributed by atoms with van der Waals surface area (Å²) < 4.78 is 64.4. The Morgan fingerprint density at radius 3 is 2.47 bits per heavy atom. The molecule has 0 atom stereocenters. The van der Waals surface area contributed by atoms with E-state index in [0.29, 0.717) is 10.0 Å². The number of nitrogen functional groups attached to an aromatic ring is 1. The Balaban J connectivity index is 2.42. The number of halogens is 5. The Morgan fingerprint density at radius 1 is 1.35 bits per heavy atom. The zero-order chi connectivity index (χ0) is 13.1. The van der Waals surface area contributed by atoms with Gasteiger partial charge in [-0.05, 0) is 0 Å². The van der Waals surface area contributed by atoms with Gasteiger partial charge in [-0.2, -0.15) is 22.0 Å². The van der Waals surface area contributed by atoms with Crippen molar-refractivity contribution < 1.29 is 26.7 Å². The van der Waals surface area contributed by atoms with Crippen molar-refractivity contribution in [3.8, 4) is 0 Å². The minimum atomic E-state index is -5.61. The van der Waals surface area contributed by atoms with Gasteiger partial charge >= 0.3 is 12.1 Å². The van der Waals surface area contributed by atoms with Crippen molar-refractivity contribution in [3.63, 3.8) is 0 Å². The van der Waals surface area contributed by atoms with Crippen LogP contribution in [0.4, 0.5) is 27.1 Å². The van der Waals surface area contributed by atoms with Crippen LogP contribution >= 0.6 is 11.3 Å². The first kappa shape index (κ1) is 14.1. The molecular formula is C7H8F5N3OS. The fourth-order valence-corrected chi connectivity index (χ4v) is 1.46. The maximum absolute atomic E-state index is 12.4. The van der Waals surface area contributed by atoms with Crippen molar-refractivity contribution in [3.05, 3.63) is 11.1 Å². The molecule has 4 nitrogen and oxygen atoms in total. The van der Waals surface area contributed by atoms with Crippen LogP contribution in [0, 0.1) is 0 Å². The third-order valence-electron chi connectivity index (χ3n) is 1.62. The number of ether oxygens (including phenoxy) is 1. The summed E-state index contributed by atoms with van der Waals surface area (Å²) in [6.07, 6.45) is -4.34. The van der Waals surface area contributed by atoms with E-state index in [0.717, 1.165) is 11.3 Å². The molecule has 98 valence electrons. The van der Waals surface area contributed by atoms with Crippen LogP contribution in [0.25, 0.3) is 0 Å². The van der Waals surface area contributed by atoms with E-state index < -0.39 is 18.7 Å². The Morgan fingerprint density at radius 2 is 2.00 bits per heavy atom. The smallest absolute Gasteiger partial charge is 0.369 e. The van der Waals surface area contributed by atoms with Crippen molar-refractivity contribution in [1.82, 2.24) is 4.98 Å². The lowest BCUT2D eigenvalue weighted by atomic mass is 10.3. The fourth-order valence-electron chi connectivity index (χ4n) is 0.803. The highest BCUT2D eigenvalue weighted by atomic mass is 32.1. The molecule has 0 spiro atoms. The number of hydrogen-bond donors (Lipinski definition) is 2. The SMILES string of the molecule is NNc1ncc(COCC(F)(F)C(F)(F)F)s1. The normalized spacial score (nSPS) is 12.8. The van der Waals surface area contributed by atoms with Crippen LogP contribution < -0.4 is 11.3 Å². The summed E-state index contributed by atoms with van der Waals surface area (Å²) >= 11 is 0.993. The van der Waals surface area contributed by atoms with Crippen LogP contribution in [-0.4, -0.2) is 23.7 Å². The van der Waals surface area contributed by atoms with Gasteiger partial charge in [0.25, 0.3) is 0 Å². The van der Waals surface area contributed by atoms with Gasteiger partial charge in [-0.15, -0.1) is 0 Å². The molecule has 0 radical (unpaired) electrons. The number of nitrogens with zero attached hydrogens (tertiary/aromatic N) is 1. The number of anilines is 1.